The Morgan fingerprint density at radius 2 is 2.10 bits per heavy atom. The van der Waals surface area contributed by atoms with Crippen LogP contribution < -0.4 is 5.32 Å². The van der Waals surface area contributed by atoms with Gasteiger partial charge in [0.05, 0.1) is 16.9 Å². The summed E-state index contributed by atoms with van der Waals surface area (Å²) in [5.41, 5.74) is 1.61. The Morgan fingerprint density at radius 3 is 2.70 bits per heavy atom. The van der Waals surface area contributed by atoms with Gasteiger partial charge in [-0.3, -0.25) is 4.79 Å². The molecule has 4 nitrogen and oxygen atoms in total. The van der Waals surface area contributed by atoms with Crippen molar-refractivity contribution in [1.29, 1.82) is 0 Å². The van der Waals surface area contributed by atoms with Crippen LogP contribution in [0.5, 0.6) is 0 Å². The second kappa shape index (κ2) is 6.02. The topological polar surface area (TPSA) is 46.9 Å². The van der Waals surface area contributed by atoms with E-state index in [2.05, 4.69) is 10.3 Å². The Balaban J connectivity index is 2.50. The maximum atomic E-state index is 12.2. The highest BCUT2D eigenvalue weighted by Gasteiger charge is 2.21. The first-order valence-electron chi connectivity index (χ1n) is 6.46. The second-order valence-electron chi connectivity index (χ2n) is 5.00. The highest BCUT2D eigenvalue weighted by molar-refractivity contribution is 6.31. The number of aromatic nitrogens is 2. The van der Waals surface area contributed by atoms with Crippen molar-refractivity contribution in [2.45, 2.75) is 38.7 Å². The lowest BCUT2D eigenvalue weighted by Crippen LogP contribution is -2.36. The molecule has 1 atom stereocenters. The molecule has 1 aromatic carbocycles. The SMILES string of the molecule is CC(C)NC(=O)C(C)n1c(CCl)nc2ccc(Cl)cc21. The normalized spacial score (nSPS) is 12.9. The highest BCUT2D eigenvalue weighted by Crippen LogP contribution is 2.25. The molecule has 0 aliphatic rings. The average molecular weight is 314 g/mol. The average Bonchev–Trinajstić information content (AvgIpc) is 2.74. The molecule has 2 aromatic rings. The van der Waals surface area contributed by atoms with Crippen LogP contribution in [0.15, 0.2) is 18.2 Å². The molecule has 108 valence electrons. The standard InChI is InChI=1S/C14H17Cl2N3O/c1-8(2)17-14(20)9(3)19-12-6-10(16)4-5-11(12)18-13(19)7-15/h4-6,8-9H,7H2,1-3H3,(H,17,20). The van der Waals surface area contributed by atoms with Gasteiger partial charge in [0.2, 0.25) is 5.91 Å². The molecule has 20 heavy (non-hydrogen) atoms. The predicted octanol–water partition coefficient (Wildman–Crippen LogP) is 3.51. The summed E-state index contributed by atoms with van der Waals surface area (Å²) in [4.78, 5) is 16.7. The molecule has 0 aliphatic heterocycles. The Hall–Kier alpha value is -1.26. The molecular formula is C14H17Cl2N3O. The first kappa shape index (κ1) is 15.1. The fourth-order valence-electron chi connectivity index (χ4n) is 2.16. The number of alkyl halides is 1. The van der Waals surface area contributed by atoms with Crippen LogP contribution >= 0.6 is 23.2 Å². The molecule has 0 aliphatic carbocycles. The van der Waals surface area contributed by atoms with E-state index in [9.17, 15) is 4.79 Å². The fourth-order valence-corrected chi connectivity index (χ4v) is 2.52. The first-order chi connectivity index (χ1) is 9.43. The van der Waals surface area contributed by atoms with Gasteiger partial charge in [0.25, 0.3) is 0 Å². The predicted molar refractivity (Wildman–Crippen MR) is 82.3 cm³/mol. The number of halogens is 2. The maximum Gasteiger partial charge on any atom is 0.243 e. The van der Waals surface area contributed by atoms with Gasteiger partial charge in [-0.2, -0.15) is 0 Å². The molecule has 1 heterocycles. The third-order valence-corrected chi connectivity index (χ3v) is 3.52. The van der Waals surface area contributed by atoms with Gasteiger partial charge in [-0.25, -0.2) is 4.98 Å². The Labute approximate surface area is 128 Å². The van der Waals surface area contributed by atoms with Gasteiger partial charge in [0, 0.05) is 11.1 Å². The van der Waals surface area contributed by atoms with E-state index in [-0.39, 0.29) is 17.8 Å². The maximum absolute atomic E-state index is 12.2. The van der Waals surface area contributed by atoms with Gasteiger partial charge in [0.15, 0.2) is 0 Å². The Bertz CT molecular complexity index is 637. The van der Waals surface area contributed by atoms with Crippen LogP contribution in [-0.2, 0) is 10.7 Å². The molecule has 0 saturated heterocycles. The number of imidazole rings is 1. The molecule has 0 fully saturated rings. The van der Waals surface area contributed by atoms with Crippen LogP contribution in [0.1, 0.15) is 32.6 Å². The fraction of sp³-hybridized carbons (Fsp3) is 0.429. The summed E-state index contributed by atoms with van der Waals surface area (Å²) >= 11 is 12.0. The smallest absolute Gasteiger partial charge is 0.243 e. The third-order valence-electron chi connectivity index (χ3n) is 3.04. The van der Waals surface area contributed by atoms with Gasteiger partial charge in [-0.1, -0.05) is 11.6 Å². The van der Waals surface area contributed by atoms with Crippen molar-refractivity contribution in [3.8, 4) is 0 Å². The van der Waals surface area contributed by atoms with Crippen molar-refractivity contribution in [2.24, 2.45) is 0 Å². The van der Waals surface area contributed by atoms with E-state index in [1.54, 1.807) is 12.1 Å². The van der Waals surface area contributed by atoms with Crippen LogP contribution in [0.4, 0.5) is 0 Å². The summed E-state index contributed by atoms with van der Waals surface area (Å²) in [6.45, 7) is 5.68. The molecular weight excluding hydrogens is 297 g/mol. The van der Waals surface area contributed by atoms with Gasteiger partial charge in [-0.05, 0) is 39.0 Å². The van der Waals surface area contributed by atoms with E-state index in [1.165, 1.54) is 0 Å². The number of hydrogen-bond donors (Lipinski definition) is 1. The van der Waals surface area contributed by atoms with Gasteiger partial charge in [0.1, 0.15) is 11.9 Å². The molecule has 2 rings (SSSR count). The van der Waals surface area contributed by atoms with Crippen LogP contribution in [0, 0.1) is 0 Å². The first-order valence-corrected chi connectivity index (χ1v) is 7.38. The van der Waals surface area contributed by atoms with Crippen molar-refractivity contribution in [3.63, 3.8) is 0 Å². The number of hydrogen-bond acceptors (Lipinski definition) is 2. The second-order valence-corrected chi connectivity index (χ2v) is 5.71. The molecule has 1 aromatic heterocycles. The summed E-state index contributed by atoms with van der Waals surface area (Å²) in [7, 11) is 0. The lowest BCUT2D eigenvalue weighted by molar-refractivity contribution is -0.124. The van der Waals surface area contributed by atoms with E-state index < -0.39 is 6.04 Å². The molecule has 1 amide bonds. The highest BCUT2D eigenvalue weighted by atomic mass is 35.5. The van der Waals surface area contributed by atoms with Crippen LogP contribution in [0.3, 0.4) is 0 Å². The quantitative estimate of drug-likeness (QED) is 0.878. The molecule has 0 radical (unpaired) electrons. The van der Waals surface area contributed by atoms with E-state index in [0.717, 1.165) is 11.0 Å². The number of fused-ring (bicyclic) bond motifs is 1. The number of carbonyl (C=O) groups excluding carboxylic acids is 1. The number of nitrogens with one attached hydrogen (secondary N) is 1. The zero-order chi connectivity index (χ0) is 14.9. The van der Waals surface area contributed by atoms with Crippen LogP contribution in [0.25, 0.3) is 11.0 Å². The van der Waals surface area contributed by atoms with E-state index >= 15 is 0 Å². The van der Waals surface area contributed by atoms with Crippen LogP contribution in [-0.4, -0.2) is 21.5 Å². The van der Waals surface area contributed by atoms with Crippen molar-refractivity contribution < 1.29 is 4.79 Å². The van der Waals surface area contributed by atoms with Crippen LogP contribution in [0.2, 0.25) is 5.02 Å². The van der Waals surface area contributed by atoms with Crippen molar-refractivity contribution in [3.05, 3.63) is 29.0 Å². The van der Waals surface area contributed by atoms with E-state index in [4.69, 9.17) is 23.2 Å². The minimum Gasteiger partial charge on any atom is -0.352 e. The number of carbonyl (C=O) groups is 1. The number of amides is 1. The van der Waals surface area contributed by atoms with Gasteiger partial charge in [-0.15, -0.1) is 11.6 Å². The number of benzene rings is 1. The van der Waals surface area contributed by atoms with E-state index in [1.807, 2.05) is 31.4 Å². The largest absolute Gasteiger partial charge is 0.352 e. The summed E-state index contributed by atoms with van der Waals surface area (Å²) in [6, 6.07) is 5.10. The minimum atomic E-state index is -0.394. The lowest BCUT2D eigenvalue weighted by atomic mass is 10.2. The van der Waals surface area contributed by atoms with Gasteiger partial charge < -0.3 is 9.88 Å². The molecule has 1 unspecified atom stereocenters. The summed E-state index contributed by atoms with van der Waals surface area (Å²) in [5, 5.41) is 3.51. The zero-order valence-electron chi connectivity index (χ0n) is 11.7. The molecule has 0 saturated carbocycles. The summed E-state index contributed by atoms with van der Waals surface area (Å²) < 4.78 is 1.84. The van der Waals surface area contributed by atoms with Crippen molar-refractivity contribution in [1.82, 2.24) is 14.9 Å². The summed E-state index contributed by atoms with van der Waals surface area (Å²) in [5.74, 6) is 0.840. The molecule has 1 N–H and O–H groups in total. The number of rotatable bonds is 4. The monoisotopic (exact) mass is 313 g/mol. The molecule has 0 bridgehead atoms. The Kier molecular flexibility index (Phi) is 4.55. The minimum absolute atomic E-state index is 0.0642. The molecule has 6 heteroatoms. The van der Waals surface area contributed by atoms with E-state index in [0.29, 0.717) is 10.8 Å². The van der Waals surface area contributed by atoms with Crippen molar-refractivity contribution >= 4 is 40.1 Å². The lowest BCUT2D eigenvalue weighted by Gasteiger charge is -2.18. The number of nitrogens with zero attached hydrogens (tertiary/aromatic N) is 2. The molecule has 0 spiro atoms. The van der Waals surface area contributed by atoms with Crippen molar-refractivity contribution in [2.75, 3.05) is 0 Å². The zero-order valence-corrected chi connectivity index (χ0v) is 13.2. The third kappa shape index (κ3) is 2.91. The van der Waals surface area contributed by atoms with Gasteiger partial charge >= 0.3 is 0 Å². The summed E-state index contributed by atoms with van der Waals surface area (Å²) in [6.07, 6.45) is 0. The Morgan fingerprint density at radius 1 is 1.40 bits per heavy atom.